The lowest BCUT2D eigenvalue weighted by molar-refractivity contribution is 0.0904. The van der Waals surface area contributed by atoms with Gasteiger partial charge in [-0.15, -0.1) is 10.2 Å². The van der Waals surface area contributed by atoms with Gasteiger partial charge >= 0.3 is 0 Å². The predicted molar refractivity (Wildman–Crippen MR) is 89.4 cm³/mol. The van der Waals surface area contributed by atoms with Crippen LogP contribution in [0.15, 0.2) is 54.6 Å². The molecule has 118 valence electrons. The molecule has 0 unspecified atom stereocenters. The second-order valence-electron chi connectivity index (χ2n) is 5.39. The summed E-state index contributed by atoms with van der Waals surface area (Å²) >= 11 is 1.47. The highest BCUT2D eigenvalue weighted by atomic mass is 32.1. The summed E-state index contributed by atoms with van der Waals surface area (Å²) in [5.74, 6) is 2.23. The topological polar surface area (TPSA) is 61.5 Å². The van der Waals surface area contributed by atoms with E-state index in [1.165, 1.54) is 11.3 Å². The van der Waals surface area contributed by atoms with Gasteiger partial charge in [-0.1, -0.05) is 53.8 Å². The number of para-hydroxylation sites is 2. The molecular formula is C17H12N4O2S. The third-order valence-electron chi connectivity index (χ3n) is 3.82. The van der Waals surface area contributed by atoms with Gasteiger partial charge in [-0.05, 0) is 12.1 Å². The Labute approximate surface area is 141 Å². The summed E-state index contributed by atoms with van der Waals surface area (Å²) in [6, 6.07) is 17.6. The molecule has 0 spiro atoms. The van der Waals surface area contributed by atoms with Crippen molar-refractivity contribution in [2.75, 3.05) is 6.61 Å². The summed E-state index contributed by atoms with van der Waals surface area (Å²) in [5, 5.41) is 13.9. The molecule has 1 aliphatic rings. The standard InChI is InChI=1S/C17H12N4O2S/c1-2-6-11(7-3-1)15-18-19-17-21(15)20-16(24-17)14-10-22-12-8-4-5-9-13(12)23-14/h1-9,14H,10H2/t14-/m1/s1. The van der Waals surface area contributed by atoms with Gasteiger partial charge in [-0.3, -0.25) is 0 Å². The first-order valence-corrected chi connectivity index (χ1v) is 8.36. The van der Waals surface area contributed by atoms with Crippen LogP contribution < -0.4 is 9.47 Å². The molecule has 0 N–H and O–H groups in total. The molecule has 3 heterocycles. The highest BCUT2D eigenvalue weighted by Gasteiger charge is 2.26. The normalized spacial score (nSPS) is 16.4. The Kier molecular flexibility index (Phi) is 2.99. The quantitative estimate of drug-likeness (QED) is 0.562. The number of nitrogens with zero attached hydrogens (tertiary/aromatic N) is 4. The van der Waals surface area contributed by atoms with Gasteiger partial charge in [0, 0.05) is 5.56 Å². The van der Waals surface area contributed by atoms with Crippen LogP contribution in [-0.4, -0.2) is 26.4 Å². The minimum atomic E-state index is -0.241. The van der Waals surface area contributed by atoms with Crippen LogP contribution in [0.1, 0.15) is 11.1 Å². The fraction of sp³-hybridized carbons (Fsp3) is 0.118. The largest absolute Gasteiger partial charge is 0.485 e. The maximum absolute atomic E-state index is 6.02. The van der Waals surface area contributed by atoms with E-state index >= 15 is 0 Å². The van der Waals surface area contributed by atoms with E-state index in [0.717, 1.165) is 32.9 Å². The van der Waals surface area contributed by atoms with E-state index < -0.39 is 0 Å². The zero-order valence-corrected chi connectivity index (χ0v) is 13.3. The van der Waals surface area contributed by atoms with E-state index in [1.54, 1.807) is 4.52 Å². The van der Waals surface area contributed by atoms with E-state index in [9.17, 15) is 0 Å². The Hall–Kier alpha value is -2.93. The molecule has 24 heavy (non-hydrogen) atoms. The summed E-state index contributed by atoms with van der Waals surface area (Å²) in [5.41, 5.74) is 0.980. The van der Waals surface area contributed by atoms with Gasteiger partial charge in [0.05, 0.1) is 0 Å². The van der Waals surface area contributed by atoms with Gasteiger partial charge in [-0.2, -0.15) is 9.61 Å². The Morgan fingerprint density at radius 3 is 2.62 bits per heavy atom. The van der Waals surface area contributed by atoms with E-state index in [1.807, 2.05) is 54.6 Å². The van der Waals surface area contributed by atoms with Crippen LogP contribution in [0.5, 0.6) is 11.5 Å². The predicted octanol–water partition coefficient (Wildman–Crippen LogP) is 3.37. The first-order chi connectivity index (χ1) is 11.9. The summed E-state index contributed by atoms with van der Waals surface area (Å²) in [6.07, 6.45) is -0.241. The van der Waals surface area contributed by atoms with Gasteiger partial charge in [-0.25, -0.2) is 0 Å². The average molecular weight is 336 g/mol. The van der Waals surface area contributed by atoms with Crippen molar-refractivity contribution in [2.24, 2.45) is 0 Å². The number of benzene rings is 2. The third kappa shape index (κ3) is 2.13. The third-order valence-corrected chi connectivity index (χ3v) is 4.81. The molecule has 2 aromatic carbocycles. The van der Waals surface area contributed by atoms with E-state index in [-0.39, 0.29) is 6.10 Å². The summed E-state index contributed by atoms with van der Waals surface area (Å²) in [7, 11) is 0. The van der Waals surface area contributed by atoms with Gasteiger partial charge in [0.1, 0.15) is 6.61 Å². The molecule has 0 aliphatic carbocycles. The molecule has 6 nitrogen and oxygen atoms in total. The van der Waals surface area contributed by atoms with Crippen molar-refractivity contribution >= 4 is 16.3 Å². The van der Waals surface area contributed by atoms with Crippen LogP contribution in [-0.2, 0) is 0 Å². The van der Waals surface area contributed by atoms with Crippen molar-refractivity contribution in [1.82, 2.24) is 19.8 Å². The summed E-state index contributed by atoms with van der Waals surface area (Å²) in [6.45, 7) is 0.432. The van der Waals surface area contributed by atoms with Crippen LogP contribution >= 0.6 is 11.3 Å². The lowest BCUT2D eigenvalue weighted by atomic mass is 10.2. The van der Waals surface area contributed by atoms with Crippen LogP contribution in [0.4, 0.5) is 0 Å². The first-order valence-electron chi connectivity index (χ1n) is 7.54. The molecule has 4 aromatic rings. The highest BCUT2D eigenvalue weighted by Crippen LogP contribution is 2.37. The SMILES string of the molecule is c1ccc(-c2nnc3sc([C@H]4COc5ccccc5O4)nn23)cc1. The molecule has 1 aliphatic heterocycles. The molecular weight excluding hydrogens is 324 g/mol. The number of ether oxygens (including phenoxy) is 2. The molecule has 1 atom stereocenters. The summed E-state index contributed by atoms with van der Waals surface area (Å²) < 4.78 is 13.6. The number of aromatic nitrogens is 4. The lowest BCUT2D eigenvalue weighted by Crippen LogP contribution is -2.21. The van der Waals surface area contributed by atoms with Crippen molar-refractivity contribution in [3.63, 3.8) is 0 Å². The first kappa shape index (κ1) is 13.5. The van der Waals surface area contributed by atoms with Crippen molar-refractivity contribution in [2.45, 2.75) is 6.10 Å². The van der Waals surface area contributed by atoms with Crippen LogP contribution in [0, 0.1) is 0 Å². The van der Waals surface area contributed by atoms with Crippen LogP contribution in [0.25, 0.3) is 16.3 Å². The minimum absolute atomic E-state index is 0.241. The van der Waals surface area contributed by atoms with Crippen molar-refractivity contribution in [3.8, 4) is 22.9 Å². The van der Waals surface area contributed by atoms with E-state index in [2.05, 4.69) is 15.3 Å². The fourth-order valence-electron chi connectivity index (χ4n) is 2.67. The number of rotatable bonds is 2. The van der Waals surface area contributed by atoms with Crippen molar-refractivity contribution in [1.29, 1.82) is 0 Å². The van der Waals surface area contributed by atoms with E-state index in [4.69, 9.17) is 9.47 Å². The Morgan fingerprint density at radius 1 is 0.958 bits per heavy atom. The zero-order chi connectivity index (χ0) is 15.9. The number of hydrogen-bond acceptors (Lipinski definition) is 6. The Balaban J connectivity index is 1.52. The molecule has 0 bridgehead atoms. The molecule has 0 saturated carbocycles. The maximum Gasteiger partial charge on any atom is 0.235 e. The molecule has 0 saturated heterocycles. The second-order valence-corrected chi connectivity index (χ2v) is 6.38. The number of fused-ring (bicyclic) bond motifs is 2. The van der Waals surface area contributed by atoms with Gasteiger partial charge in [0.2, 0.25) is 4.96 Å². The Morgan fingerprint density at radius 2 is 1.75 bits per heavy atom. The molecule has 7 heteroatoms. The smallest absolute Gasteiger partial charge is 0.235 e. The van der Waals surface area contributed by atoms with Crippen molar-refractivity contribution < 1.29 is 9.47 Å². The van der Waals surface area contributed by atoms with Crippen molar-refractivity contribution in [3.05, 3.63) is 59.6 Å². The fourth-order valence-corrected chi connectivity index (χ4v) is 3.52. The minimum Gasteiger partial charge on any atom is -0.485 e. The van der Waals surface area contributed by atoms with Crippen LogP contribution in [0.2, 0.25) is 0 Å². The molecule has 0 amide bonds. The zero-order valence-electron chi connectivity index (χ0n) is 12.5. The average Bonchev–Trinajstić information content (AvgIpc) is 3.23. The molecule has 2 aromatic heterocycles. The Bertz CT molecular complexity index is 1010. The highest BCUT2D eigenvalue weighted by molar-refractivity contribution is 7.16. The van der Waals surface area contributed by atoms with E-state index in [0.29, 0.717) is 6.61 Å². The van der Waals surface area contributed by atoms with Gasteiger partial charge < -0.3 is 9.47 Å². The monoisotopic (exact) mass is 336 g/mol. The van der Waals surface area contributed by atoms with Gasteiger partial charge in [0.15, 0.2) is 28.4 Å². The second kappa shape index (κ2) is 5.31. The maximum atomic E-state index is 6.02. The van der Waals surface area contributed by atoms with Gasteiger partial charge in [0.25, 0.3) is 0 Å². The molecule has 0 fully saturated rings. The molecule has 0 radical (unpaired) electrons. The molecule has 5 rings (SSSR count). The number of hydrogen-bond donors (Lipinski definition) is 0. The summed E-state index contributed by atoms with van der Waals surface area (Å²) in [4.78, 5) is 0.742. The van der Waals surface area contributed by atoms with Crippen LogP contribution in [0.3, 0.4) is 0 Å². The lowest BCUT2D eigenvalue weighted by Gasteiger charge is -2.24.